The number of amides is 1. The van der Waals surface area contributed by atoms with E-state index < -0.39 is 43.4 Å². The van der Waals surface area contributed by atoms with E-state index in [0.29, 0.717) is 29.8 Å². The van der Waals surface area contributed by atoms with Crippen molar-refractivity contribution < 1.29 is 34.7 Å². The zero-order chi connectivity index (χ0) is 29.4. The van der Waals surface area contributed by atoms with E-state index in [1.54, 1.807) is 48.5 Å². The fourth-order valence-corrected chi connectivity index (χ4v) is 4.59. The normalized spacial score (nSPS) is 22.9. The van der Waals surface area contributed by atoms with Crippen molar-refractivity contribution in [3.8, 4) is 5.75 Å². The van der Waals surface area contributed by atoms with Gasteiger partial charge in [0.25, 0.3) is 0 Å². The molecular formula is C30H36N4O7. The van der Waals surface area contributed by atoms with Crippen molar-refractivity contribution in [1.29, 1.82) is 5.41 Å². The molecule has 9 N–H and O–H groups in total. The predicted molar refractivity (Wildman–Crippen MR) is 152 cm³/mol. The Morgan fingerprint density at radius 2 is 1.71 bits per heavy atom. The lowest BCUT2D eigenvalue weighted by atomic mass is 9.99. The summed E-state index contributed by atoms with van der Waals surface area (Å²) in [6.07, 6.45) is -5.85. The highest BCUT2D eigenvalue weighted by molar-refractivity contribution is 5.96. The molecule has 6 atom stereocenters. The average Bonchev–Trinajstić information content (AvgIpc) is 2.99. The van der Waals surface area contributed by atoms with Crippen molar-refractivity contribution in [2.75, 3.05) is 18.5 Å². The minimum absolute atomic E-state index is 0.123. The molecule has 0 radical (unpaired) electrons. The number of aliphatic hydroxyl groups excluding tert-OH is 4. The van der Waals surface area contributed by atoms with Crippen LogP contribution < -0.4 is 21.1 Å². The van der Waals surface area contributed by atoms with Crippen molar-refractivity contribution in [2.45, 2.75) is 49.6 Å². The first-order valence-electron chi connectivity index (χ1n) is 13.4. The van der Waals surface area contributed by atoms with Crippen molar-refractivity contribution >= 4 is 17.4 Å². The van der Waals surface area contributed by atoms with E-state index in [4.69, 9.17) is 20.6 Å². The number of aliphatic hydroxyl groups is 4. The molecule has 11 heteroatoms. The number of nitrogens with two attached hydrogens (primary N) is 1. The number of hydrogen-bond donors (Lipinski definition) is 8. The fourth-order valence-electron chi connectivity index (χ4n) is 4.59. The molecule has 1 aliphatic heterocycles. The third-order valence-corrected chi connectivity index (χ3v) is 6.85. The summed E-state index contributed by atoms with van der Waals surface area (Å²) in [4.78, 5) is 13.6. The monoisotopic (exact) mass is 564 g/mol. The van der Waals surface area contributed by atoms with Crippen LogP contribution in [0.5, 0.6) is 5.75 Å². The number of para-hydroxylation sites is 1. The molecule has 3 aromatic rings. The van der Waals surface area contributed by atoms with Crippen molar-refractivity contribution in [3.05, 3.63) is 95.6 Å². The molecule has 0 bridgehead atoms. The lowest BCUT2D eigenvalue weighted by Gasteiger charge is -2.39. The first-order chi connectivity index (χ1) is 19.8. The number of ether oxygens (including phenoxy) is 2. The van der Waals surface area contributed by atoms with Crippen LogP contribution in [0, 0.1) is 5.41 Å². The van der Waals surface area contributed by atoms with Crippen molar-refractivity contribution in [1.82, 2.24) is 5.32 Å². The number of hydrogen-bond acceptors (Lipinski definition) is 9. The van der Waals surface area contributed by atoms with Gasteiger partial charge < -0.3 is 46.3 Å². The molecule has 1 aliphatic rings. The smallest absolute Gasteiger partial charge is 0.247 e. The quantitative estimate of drug-likeness (QED) is 0.0903. The van der Waals surface area contributed by atoms with E-state index in [0.717, 1.165) is 12.0 Å². The molecule has 4 rings (SSSR count). The second-order valence-electron chi connectivity index (χ2n) is 9.80. The Kier molecular flexibility index (Phi) is 10.3. The summed E-state index contributed by atoms with van der Waals surface area (Å²) in [7, 11) is 0. The number of amidine groups is 1. The zero-order valence-corrected chi connectivity index (χ0v) is 22.4. The van der Waals surface area contributed by atoms with Gasteiger partial charge in [0.05, 0.1) is 6.61 Å². The summed E-state index contributed by atoms with van der Waals surface area (Å²) in [5.41, 5.74) is 8.23. The summed E-state index contributed by atoms with van der Waals surface area (Å²) < 4.78 is 11.5. The van der Waals surface area contributed by atoms with Crippen molar-refractivity contribution in [2.24, 2.45) is 5.73 Å². The van der Waals surface area contributed by atoms with Gasteiger partial charge in [0, 0.05) is 23.4 Å². The van der Waals surface area contributed by atoms with Crippen molar-refractivity contribution in [3.63, 3.8) is 0 Å². The highest BCUT2D eigenvalue weighted by atomic mass is 16.7. The average molecular weight is 565 g/mol. The van der Waals surface area contributed by atoms with E-state index >= 15 is 0 Å². The Hall–Kier alpha value is -4.00. The number of aryl methyl sites for hydroxylation is 1. The molecule has 0 aromatic heterocycles. The van der Waals surface area contributed by atoms with Gasteiger partial charge in [-0.3, -0.25) is 10.2 Å². The number of nitrogens with one attached hydrogen (secondary N) is 3. The third kappa shape index (κ3) is 7.60. The van der Waals surface area contributed by atoms with Crippen LogP contribution >= 0.6 is 0 Å². The molecule has 1 saturated heterocycles. The predicted octanol–water partition coefficient (Wildman–Crippen LogP) is 1.05. The van der Waals surface area contributed by atoms with Crippen LogP contribution in [0.25, 0.3) is 0 Å². The number of benzene rings is 3. The highest BCUT2D eigenvalue weighted by Crippen LogP contribution is 2.32. The van der Waals surface area contributed by atoms with E-state index in [1.165, 1.54) is 0 Å². The molecule has 11 nitrogen and oxygen atoms in total. The van der Waals surface area contributed by atoms with Crippen LogP contribution in [0.2, 0.25) is 0 Å². The number of anilines is 1. The maximum Gasteiger partial charge on any atom is 0.247 e. The standard InChI is InChI=1S/C30H36N4O7/c31-28(32)19-11-6-12-20(16-19)34-24(29(39)33-15-7-10-18-8-2-1-3-9-18)21-13-4-5-14-22(21)40-30-27(38)26(37)25(36)23(17-35)41-30/h1-6,8-9,11-14,16,23-27,30,34-38H,7,10,15,17H2,(H3,31,32)(H,33,39). The van der Waals surface area contributed by atoms with Gasteiger partial charge in [-0.15, -0.1) is 0 Å². The molecule has 1 amide bonds. The zero-order valence-electron chi connectivity index (χ0n) is 22.4. The molecule has 6 unspecified atom stereocenters. The molecule has 0 saturated carbocycles. The summed E-state index contributed by atoms with van der Waals surface area (Å²) in [6, 6.07) is 22.4. The largest absolute Gasteiger partial charge is 0.462 e. The SMILES string of the molecule is N=C(N)c1cccc(NC(C(=O)NCCCc2ccccc2)c2ccccc2OC2OC(CO)C(O)C(O)C2O)c1. The van der Waals surface area contributed by atoms with E-state index in [2.05, 4.69) is 10.6 Å². The van der Waals surface area contributed by atoms with Gasteiger partial charge in [-0.1, -0.05) is 60.7 Å². The minimum Gasteiger partial charge on any atom is -0.462 e. The van der Waals surface area contributed by atoms with Crippen LogP contribution in [0.3, 0.4) is 0 Å². The van der Waals surface area contributed by atoms with E-state index in [1.807, 2.05) is 30.3 Å². The number of carbonyl (C=O) groups is 1. The van der Waals surface area contributed by atoms with Gasteiger partial charge in [-0.2, -0.15) is 0 Å². The molecule has 1 heterocycles. The van der Waals surface area contributed by atoms with Crippen LogP contribution in [0.15, 0.2) is 78.9 Å². The van der Waals surface area contributed by atoms with E-state index in [9.17, 15) is 25.2 Å². The molecule has 0 aliphatic carbocycles. The van der Waals surface area contributed by atoms with Crippen LogP contribution in [-0.2, 0) is 16.0 Å². The lowest BCUT2D eigenvalue weighted by Crippen LogP contribution is -2.60. The summed E-state index contributed by atoms with van der Waals surface area (Å²) >= 11 is 0. The summed E-state index contributed by atoms with van der Waals surface area (Å²) in [6.45, 7) is -0.191. The number of carbonyl (C=O) groups excluding carboxylic acids is 1. The summed E-state index contributed by atoms with van der Waals surface area (Å²) in [5.74, 6) is -0.297. The molecule has 218 valence electrons. The Morgan fingerprint density at radius 3 is 2.44 bits per heavy atom. The highest BCUT2D eigenvalue weighted by Gasteiger charge is 2.45. The van der Waals surface area contributed by atoms with Gasteiger partial charge in [-0.25, -0.2) is 0 Å². The molecular weight excluding hydrogens is 528 g/mol. The van der Waals surface area contributed by atoms with Gasteiger partial charge >= 0.3 is 0 Å². The first-order valence-corrected chi connectivity index (χ1v) is 13.4. The Labute approximate surface area is 238 Å². The second kappa shape index (κ2) is 14.1. The third-order valence-electron chi connectivity index (χ3n) is 6.85. The maximum absolute atomic E-state index is 13.6. The van der Waals surface area contributed by atoms with Crippen LogP contribution in [0.4, 0.5) is 5.69 Å². The topological polar surface area (TPSA) is 190 Å². The Balaban J connectivity index is 1.57. The van der Waals surface area contributed by atoms with E-state index in [-0.39, 0.29) is 17.5 Å². The maximum atomic E-state index is 13.6. The van der Waals surface area contributed by atoms with Crippen LogP contribution in [0.1, 0.15) is 29.2 Å². The molecule has 1 fully saturated rings. The molecule has 0 spiro atoms. The summed E-state index contributed by atoms with van der Waals surface area (Å²) in [5, 5.41) is 54.3. The Morgan fingerprint density at radius 1 is 0.976 bits per heavy atom. The lowest BCUT2D eigenvalue weighted by molar-refractivity contribution is -0.277. The minimum atomic E-state index is -1.62. The number of nitrogen functional groups attached to an aromatic ring is 1. The van der Waals surface area contributed by atoms with Gasteiger partial charge in [0.1, 0.15) is 42.0 Å². The first kappa shape index (κ1) is 30.0. The molecule has 41 heavy (non-hydrogen) atoms. The molecule has 3 aromatic carbocycles. The van der Waals surface area contributed by atoms with Crippen LogP contribution in [-0.4, -0.2) is 76.0 Å². The Bertz CT molecular complexity index is 1310. The second-order valence-corrected chi connectivity index (χ2v) is 9.80. The van der Waals surface area contributed by atoms with Gasteiger partial charge in [0.2, 0.25) is 12.2 Å². The number of rotatable bonds is 12. The van der Waals surface area contributed by atoms with Gasteiger partial charge in [0.15, 0.2) is 0 Å². The fraction of sp³-hybridized carbons (Fsp3) is 0.333. The van der Waals surface area contributed by atoms with Gasteiger partial charge in [-0.05, 0) is 36.6 Å².